The van der Waals surface area contributed by atoms with Crippen LogP contribution in [0.15, 0.2) is 18.2 Å². The van der Waals surface area contributed by atoms with Gasteiger partial charge in [0.1, 0.15) is 5.75 Å². The molecule has 3 nitrogen and oxygen atoms in total. The second-order valence-electron chi connectivity index (χ2n) is 3.90. The van der Waals surface area contributed by atoms with Gasteiger partial charge in [-0.05, 0) is 23.8 Å². The minimum absolute atomic E-state index is 0.0568. The van der Waals surface area contributed by atoms with Crippen molar-refractivity contribution in [1.29, 1.82) is 0 Å². The number of carbonyl (C=O) groups is 1. The van der Waals surface area contributed by atoms with E-state index in [1.165, 1.54) is 4.90 Å². The molecular weight excluding hydrogens is 293 g/mol. The van der Waals surface area contributed by atoms with Crippen molar-refractivity contribution in [3.63, 3.8) is 0 Å². The van der Waals surface area contributed by atoms with Gasteiger partial charge in [-0.2, -0.15) is 0 Å². The molecule has 0 N–H and O–H groups in total. The molecule has 0 saturated heterocycles. The lowest BCUT2D eigenvalue weighted by Crippen LogP contribution is -2.30. The molecular formula is C12H15Cl2NO2S. The van der Waals surface area contributed by atoms with E-state index in [4.69, 9.17) is 23.2 Å². The summed E-state index contributed by atoms with van der Waals surface area (Å²) in [6.07, 6.45) is 0. The maximum Gasteiger partial charge on any atom is 0.235 e. The first-order valence-corrected chi connectivity index (χ1v) is 7.70. The van der Waals surface area contributed by atoms with E-state index in [0.29, 0.717) is 22.3 Å². The predicted octanol–water partition coefficient (Wildman–Crippen LogP) is 2.72. The number of hydrogen-bond donors (Lipinski definition) is 0. The van der Waals surface area contributed by atoms with Gasteiger partial charge < -0.3 is 4.90 Å². The Morgan fingerprint density at radius 1 is 1.28 bits per heavy atom. The Morgan fingerprint density at radius 3 is 2.33 bits per heavy atom. The van der Waals surface area contributed by atoms with Crippen LogP contribution < -0.4 is 0 Å². The van der Waals surface area contributed by atoms with Gasteiger partial charge in [0.15, 0.2) is 0 Å². The van der Waals surface area contributed by atoms with Gasteiger partial charge in [-0.1, -0.05) is 30.1 Å². The van der Waals surface area contributed by atoms with Gasteiger partial charge in [-0.15, -0.1) is 0 Å². The fourth-order valence-corrected chi connectivity index (χ4v) is 2.69. The smallest absolute Gasteiger partial charge is 0.235 e. The highest BCUT2D eigenvalue weighted by atomic mass is 35.5. The van der Waals surface area contributed by atoms with E-state index in [-0.39, 0.29) is 11.7 Å². The van der Waals surface area contributed by atoms with Crippen LogP contribution in [-0.4, -0.2) is 33.6 Å². The molecule has 0 spiro atoms. The fraction of sp³-hybridized carbons (Fsp3) is 0.417. The highest BCUT2D eigenvalue weighted by Gasteiger charge is 2.12. The molecule has 0 heterocycles. The molecule has 6 heteroatoms. The molecule has 0 radical (unpaired) electrons. The Bertz CT molecular complexity index is 445. The van der Waals surface area contributed by atoms with Crippen molar-refractivity contribution in [1.82, 2.24) is 4.90 Å². The Balaban J connectivity index is 2.66. The lowest BCUT2D eigenvalue weighted by atomic mass is 10.2. The normalized spacial score (nSPS) is 12.2. The SMILES string of the molecule is CC[S@@](=O)CC(=O)N(C)Cc1cc(Cl)cc(Cl)c1. The molecule has 0 bridgehead atoms. The summed E-state index contributed by atoms with van der Waals surface area (Å²) in [5.74, 6) is 0.399. The van der Waals surface area contributed by atoms with E-state index in [9.17, 15) is 9.00 Å². The van der Waals surface area contributed by atoms with E-state index in [1.54, 1.807) is 32.2 Å². The highest BCUT2D eigenvalue weighted by molar-refractivity contribution is 7.85. The van der Waals surface area contributed by atoms with E-state index in [1.807, 2.05) is 0 Å². The van der Waals surface area contributed by atoms with Crippen molar-refractivity contribution >= 4 is 39.9 Å². The maximum atomic E-state index is 11.8. The van der Waals surface area contributed by atoms with Crippen LogP contribution in [0.3, 0.4) is 0 Å². The summed E-state index contributed by atoms with van der Waals surface area (Å²) in [7, 11) is 0.583. The first kappa shape index (κ1) is 15.5. The van der Waals surface area contributed by atoms with Gasteiger partial charge in [0.2, 0.25) is 5.91 Å². The van der Waals surface area contributed by atoms with Crippen molar-refractivity contribution in [3.05, 3.63) is 33.8 Å². The van der Waals surface area contributed by atoms with Crippen LogP contribution in [-0.2, 0) is 22.1 Å². The van der Waals surface area contributed by atoms with Crippen LogP contribution in [0.5, 0.6) is 0 Å². The van der Waals surface area contributed by atoms with Gasteiger partial charge in [0, 0.05) is 40.2 Å². The molecule has 100 valence electrons. The number of nitrogens with zero attached hydrogens (tertiary/aromatic N) is 1. The monoisotopic (exact) mass is 307 g/mol. The van der Waals surface area contributed by atoms with Gasteiger partial charge in [-0.25, -0.2) is 0 Å². The third kappa shape index (κ3) is 4.96. The first-order valence-electron chi connectivity index (χ1n) is 5.46. The van der Waals surface area contributed by atoms with Crippen LogP contribution in [0.4, 0.5) is 0 Å². The zero-order chi connectivity index (χ0) is 13.7. The molecule has 0 aliphatic carbocycles. The molecule has 1 rings (SSSR count). The maximum absolute atomic E-state index is 11.8. The standard InChI is InChI=1S/C12H15Cl2NO2S/c1-3-18(17)8-12(16)15(2)7-9-4-10(13)6-11(14)5-9/h4-6H,3,7-8H2,1-2H3/t18-/m1/s1. The summed E-state index contributed by atoms with van der Waals surface area (Å²) in [5, 5.41) is 1.07. The van der Waals surface area contributed by atoms with Gasteiger partial charge in [0.05, 0.1) is 0 Å². The topological polar surface area (TPSA) is 37.4 Å². The fourth-order valence-electron chi connectivity index (χ4n) is 1.41. The van der Waals surface area contributed by atoms with Gasteiger partial charge in [-0.3, -0.25) is 9.00 Å². The number of benzene rings is 1. The molecule has 18 heavy (non-hydrogen) atoms. The Hall–Kier alpha value is -0.580. The summed E-state index contributed by atoms with van der Waals surface area (Å²) in [4.78, 5) is 13.3. The third-order valence-corrected chi connectivity index (χ3v) is 4.02. The number of halogens is 2. The number of hydrogen-bond acceptors (Lipinski definition) is 2. The Kier molecular flexibility index (Phi) is 6.12. The first-order chi connectivity index (χ1) is 8.42. The molecule has 1 atom stereocenters. The van der Waals surface area contributed by atoms with Gasteiger partial charge >= 0.3 is 0 Å². The molecule has 1 amide bonds. The number of rotatable bonds is 5. The Morgan fingerprint density at radius 2 is 1.83 bits per heavy atom. The zero-order valence-corrected chi connectivity index (χ0v) is 12.6. The molecule has 0 aliphatic heterocycles. The number of amides is 1. The van der Waals surface area contributed by atoms with Crippen molar-refractivity contribution in [2.45, 2.75) is 13.5 Å². The van der Waals surface area contributed by atoms with Crippen molar-refractivity contribution in [2.75, 3.05) is 18.6 Å². The van der Waals surface area contributed by atoms with Crippen molar-refractivity contribution in [3.8, 4) is 0 Å². The summed E-state index contributed by atoms with van der Waals surface area (Å²) in [5.41, 5.74) is 0.852. The lowest BCUT2D eigenvalue weighted by molar-refractivity contribution is -0.127. The van der Waals surface area contributed by atoms with E-state index in [0.717, 1.165) is 5.56 Å². The molecule has 0 unspecified atom stereocenters. The molecule has 1 aromatic carbocycles. The number of carbonyl (C=O) groups excluding carboxylic acids is 1. The summed E-state index contributed by atoms with van der Waals surface area (Å²) < 4.78 is 11.3. The second kappa shape index (κ2) is 7.12. The van der Waals surface area contributed by atoms with Crippen LogP contribution in [0.1, 0.15) is 12.5 Å². The minimum atomic E-state index is -1.09. The molecule has 0 saturated carbocycles. The largest absolute Gasteiger partial charge is 0.341 e. The quantitative estimate of drug-likeness (QED) is 0.839. The molecule has 0 fully saturated rings. The molecule has 0 aromatic heterocycles. The predicted molar refractivity (Wildman–Crippen MR) is 76.5 cm³/mol. The van der Waals surface area contributed by atoms with E-state index < -0.39 is 10.8 Å². The zero-order valence-electron chi connectivity index (χ0n) is 10.3. The highest BCUT2D eigenvalue weighted by Crippen LogP contribution is 2.19. The summed E-state index contributed by atoms with van der Waals surface area (Å²) in [6.45, 7) is 2.19. The van der Waals surface area contributed by atoms with E-state index >= 15 is 0 Å². The van der Waals surface area contributed by atoms with Gasteiger partial charge in [0.25, 0.3) is 0 Å². The minimum Gasteiger partial charge on any atom is -0.341 e. The second-order valence-corrected chi connectivity index (χ2v) is 6.52. The lowest BCUT2D eigenvalue weighted by Gasteiger charge is -2.17. The van der Waals surface area contributed by atoms with E-state index in [2.05, 4.69) is 0 Å². The van der Waals surface area contributed by atoms with Crippen LogP contribution >= 0.6 is 23.2 Å². The summed E-state index contributed by atoms with van der Waals surface area (Å²) >= 11 is 11.8. The molecule has 0 aliphatic rings. The summed E-state index contributed by atoms with van der Waals surface area (Å²) in [6, 6.07) is 5.16. The van der Waals surface area contributed by atoms with Crippen LogP contribution in [0, 0.1) is 0 Å². The average Bonchev–Trinajstić information content (AvgIpc) is 2.27. The third-order valence-electron chi connectivity index (χ3n) is 2.37. The van der Waals surface area contributed by atoms with Crippen molar-refractivity contribution in [2.24, 2.45) is 0 Å². The van der Waals surface area contributed by atoms with Crippen LogP contribution in [0.25, 0.3) is 0 Å². The average molecular weight is 308 g/mol. The molecule has 1 aromatic rings. The van der Waals surface area contributed by atoms with Crippen molar-refractivity contribution < 1.29 is 9.00 Å². The van der Waals surface area contributed by atoms with Crippen LogP contribution in [0.2, 0.25) is 10.0 Å². The Labute approximate surface area is 120 Å².